The molecule has 1 aromatic heterocycles. The fraction of sp³-hybridized carbons (Fsp3) is 0.250. The highest BCUT2D eigenvalue weighted by Crippen LogP contribution is 2.24. The third-order valence-corrected chi connectivity index (χ3v) is 3.80. The predicted octanol–water partition coefficient (Wildman–Crippen LogP) is 5.16. The number of ether oxygens (including phenoxy) is 1. The molecule has 0 saturated carbocycles. The molecule has 0 saturated heterocycles. The highest BCUT2D eigenvalue weighted by Gasteiger charge is 2.03. The third kappa shape index (κ3) is 3.45. The van der Waals surface area contributed by atoms with Crippen molar-refractivity contribution in [1.82, 2.24) is 4.98 Å². The molecule has 0 aliphatic heterocycles. The second-order valence-corrected chi connectivity index (χ2v) is 5.54. The molecule has 3 rings (SSSR count). The topological polar surface area (TPSA) is 22.1 Å². The minimum Gasteiger partial charge on any atom is -0.487 e. The van der Waals surface area contributed by atoms with Crippen molar-refractivity contribution in [1.29, 1.82) is 0 Å². The molecule has 0 atom stereocenters. The fourth-order valence-electron chi connectivity index (χ4n) is 2.61. The molecule has 0 spiro atoms. The standard InChI is InChI=1S/C20H21NO/c1-2-3-7-16-8-4-9-17(14-16)15-22-19-12-5-10-18-11-6-13-21-20(18)19/h4-6,8-14H,2-3,7,15H2,1H3. The zero-order valence-corrected chi connectivity index (χ0v) is 13.0. The van der Waals surface area contributed by atoms with Gasteiger partial charge in [0.2, 0.25) is 0 Å². The molecular weight excluding hydrogens is 270 g/mol. The van der Waals surface area contributed by atoms with Gasteiger partial charge in [-0.3, -0.25) is 4.98 Å². The molecule has 112 valence electrons. The summed E-state index contributed by atoms with van der Waals surface area (Å²) in [4.78, 5) is 4.43. The summed E-state index contributed by atoms with van der Waals surface area (Å²) in [6.07, 6.45) is 5.40. The Hall–Kier alpha value is -2.35. The Morgan fingerprint density at radius 3 is 2.68 bits per heavy atom. The summed E-state index contributed by atoms with van der Waals surface area (Å²) in [5, 5.41) is 1.11. The van der Waals surface area contributed by atoms with Gasteiger partial charge in [-0.25, -0.2) is 0 Å². The van der Waals surface area contributed by atoms with Crippen LogP contribution in [0.4, 0.5) is 0 Å². The van der Waals surface area contributed by atoms with Crippen LogP contribution < -0.4 is 4.74 Å². The molecule has 2 heteroatoms. The largest absolute Gasteiger partial charge is 0.487 e. The first kappa shape index (κ1) is 14.6. The van der Waals surface area contributed by atoms with E-state index in [1.807, 2.05) is 18.2 Å². The molecule has 0 fully saturated rings. The number of para-hydroxylation sites is 1. The Morgan fingerprint density at radius 2 is 1.77 bits per heavy atom. The maximum atomic E-state index is 6.00. The lowest BCUT2D eigenvalue weighted by molar-refractivity contribution is 0.309. The molecule has 0 unspecified atom stereocenters. The van der Waals surface area contributed by atoms with Crippen LogP contribution in [0.3, 0.4) is 0 Å². The van der Waals surface area contributed by atoms with Crippen molar-refractivity contribution in [2.24, 2.45) is 0 Å². The van der Waals surface area contributed by atoms with E-state index in [0.29, 0.717) is 6.61 Å². The summed E-state index contributed by atoms with van der Waals surface area (Å²) in [6.45, 7) is 2.80. The number of nitrogens with zero attached hydrogens (tertiary/aromatic N) is 1. The summed E-state index contributed by atoms with van der Waals surface area (Å²) in [5.41, 5.74) is 3.52. The van der Waals surface area contributed by atoms with Crippen LogP contribution in [-0.4, -0.2) is 4.98 Å². The van der Waals surface area contributed by atoms with E-state index in [9.17, 15) is 0 Å². The molecule has 0 aliphatic carbocycles. The second-order valence-electron chi connectivity index (χ2n) is 5.54. The first-order valence-corrected chi connectivity index (χ1v) is 7.91. The minimum atomic E-state index is 0.579. The summed E-state index contributed by atoms with van der Waals surface area (Å²) in [7, 11) is 0. The minimum absolute atomic E-state index is 0.579. The summed E-state index contributed by atoms with van der Waals surface area (Å²) in [5.74, 6) is 0.845. The zero-order valence-electron chi connectivity index (χ0n) is 13.0. The van der Waals surface area contributed by atoms with Gasteiger partial charge >= 0.3 is 0 Å². The summed E-state index contributed by atoms with van der Waals surface area (Å²) in [6, 6.07) is 18.7. The van der Waals surface area contributed by atoms with E-state index < -0.39 is 0 Å². The first-order valence-electron chi connectivity index (χ1n) is 7.91. The maximum Gasteiger partial charge on any atom is 0.146 e. The Bertz CT molecular complexity index is 746. The fourth-order valence-corrected chi connectivity index (χ4v) is 2.61. The van der Waals surface area contributed by atoms with Crippen LogP contribution in [0.15, 0.2) is 60.8 Å². The van der Waals surface area contributed by atoms with Crippen molar-refractivity contribution in [2.75, 3.05) is 0 Å². The van der Waals surface area contributed by atoms with E-state index in [4.69, 9.17) is 4.74 Å². The number of aromatic nitrogens is 1. The van der Waals surface area contributed by atoms with Gasteiger partial charge in [0.05, 0.1) is 0 Å². The van der Waals surface area contributed by atoms with E-state index in [1.54, 1.807) is 6.20 Å². The Morgan fingerprint density at radius 1 is 0.955 bits per heavy atom. The van der Waals surface area contributed by atoms with Gasteiger partial charge in [0.25, 0.3) is 0 Å². The maximum absolute atomic E-state index is 6.00. The molecular formula is C20H21NO. The van der Waals surface area contributed by atoms with Crippen molar-refractivity contribution < 1.29 is 4.74 Å². The Balaban J connectivity index is 1.74. The van der Waals surface area contributed by atoms with Crippen LogP contribution in [0.1, 0.15) is 30.9 Å². The van der Waals surface area contributed by atoms with Crippen LogP contribution in [-0.2, 0) is 13.0 Å². The van der Waals surface area contributed by atoms with Crippen molar-refractivity contribution in [3.05, 3.63) is 71.9 Å². The van der Waals surface area contributed by atoms with E-state index in [2.05, 4.69) is 48.3 Å². The summed E-state index contributed by atoms with van der Waals surface area (Å²) >= 11 is 0. The number of rotatable bonds is 6. The van der Waals surface area contributed by atoms with E-state index in [-0.39, 0.29) is 0 Å². The molecule has 2 aromatic carbocycles. The van der Waals surface area contributed by atoms with Crippen LogP contribution in [0.2, 0.25) is 0 Å². The monoisotopic (exact) mass is 291 g/mol. The van der Waals surface area contributed by atoms with Crippen LogP contribution in [0.25, 0.3) is 10.9 Å². The number of aryl methyl sites for hydroxylation is 1. The molecule has 22 heavy (non-hydrogen) atoms. The van der Waals surface area contributed by atoms with Crippen LogP contribution in [0, 0.1) is 0 Å². The molecule has 3 aromatic rings. The molecule has 0 bridgehead atoms. The number of fused-ring (bicyclic) bond motifs is 1. The second kappa shape index (κ2) is 7.08. The van der Waals surface area contributed by atoms with Gasteiger partial charge in [-0.1, -0.05) is 55.8 Å². The number of hydrogen-bond donors (Lipinski definition) is 0. The lowest BCUT2D eigenvalue weighted by atomic mass is 10.1. The number of pyridine rings is 1. The SMILES string of the molecule is CCCCc1cccc(COc2cccc3cccnc23)c1. The highest BCUT2D eigenvalue weighted by atomic mass is 16.5. The van der Waals surface area contributed by atoms with E-state index >= 15 is 0 Å². The zero-order chi connectivity index (χ0) is 15.2. The van der Waals surface area contributed by atoms with Crippen molar-refractivity contribution in [3.8, 4) is 5.75 Å². The molecule has 0 aliphatic rings. The van der Waals surface area contributed by atoms with Crippen LogP contribution in [0.5, 0.6) is 5.75 Å². The van der Waals surface area contributed by atoms with Gasteiger partial charge in [0.1, 0.15) is 17.9 Å². The predicted molar refractivity (Wildman–Crippen MR) is 91.1 cm³/mol. The third-order valence-electron chi connectivity index (χ3n) is 3.80. The van der Waals surface area contributed by atoms with Gasteiger partial charge in [-0.15, -0.1) is 0 Å². The van der Waals surface area contributed by atoms with Gasteiger partial charge in [0.15, 0.2) is 0 Å². The average molecular weight is 291 g/mol. The molecule has 0 radical (unpaired) electrons. The van der Waals surface area contributed by atoms with E-state index in [1.165, 1.54) is 24.0 Å². The van der Waals surface area contributed by atoms with Crippen molar-refractivity contribution in [2.45, 2.75) is 32.8 Å². The van der Waals surface area contributed by atoms with Gasteiger partial charge in [-0.2, -0.15) is 0 Å². The van der Waals surface area contributed by atoms with Gasteiger partial charge in [-0.05, 0) is 36.1 Å². The van der Waals surface area contributed by atoms with Crippen molar-refractivity contribution in [3.63, 3.8) is 0 Å². The number of hydrogen-bond acceptors (Lipinski definition) is 2. The number of unbranched alkanes of at least 4 members (excludes halogenated alkanes) is 1. The van der Waals surface area contributed by atoms with Gasteiger partial charge < -0.3 is 4.74 Å². The first-order chi connectivity index (χ1) is 10.9. The lowest BCUT2D eigenvalue weighted by Crippen LogP contribution is -1.98. The van der Waals surface area contributed by atoms with E-state index in [0.717, 1.165) is 23.1 Å². The Labute approximate surface area is 131 Å². The molecule has 2 nitrogen and oxygen atoms in total. The summed E-state index contributed by atoms with van der Waals surface area (Å²) < 4.78 is 6.00. The molecule has 1 heterocycles. The van der Waals surface area contributed by atoms with Crippen LogP contribution >= 0.6 is 0 Å². The highest BCUT2D eigenvalue weighted by molar-refractivity contribution is 5.84. The normalized spacial score (nSPS) is 10.8. The smallest absolute Gasteiger partial charge is 0.146 e. The lowest BCUT2D eigenvalue weighted by Gasteiger charge is -2.09. The van der Waals surface area contributed by atoms with Gasteiger partial charge in [0, 0.05) is 11.6 Å². The quantitative estimate of drug-likeness (QED) is 0.626. The average Bonchev–Trinajstić information content (AvgIpc) is 2.58. The Kier molecular flexibility index (Phi) is 4.69. The molecule has 0 N–H and O–H groups in total. The molecule has 0 amide bonds. The van der Waals surface area contributed by atoms with Crippen molar-refractivity contribution >= 4 is 10.9 Å². The number of benzene rings is 2.